The van der Waals surface area contributed by atoms with Crippen molar-refractivity contribution in [3.63, 3.8) is 0 Å². The summed E-state index contributed by atoms with van der Waals surface area (Å²) < 4.78 is 13.2. The summed E-state index contributed by atoms with van der Waals surface area (Å²) in [6, 6.07) is 10.1. The number of hydrogen-bond acceptors (Lipinski definition) is 5. The lowest BCUT2D eigenvalue weighted by atomic mass is 9.98. The molecule has 0 radical (unpaired) electrons. The maximum Gasteiger partial charge on any atom is 0.257 e. The lowest BCUT2D eigenvalue weighted by Crippen LogP contribution is -2.44. The number of amides is 2. The fourth-order valence-electron chi connectivity index (χ4n) is 3.98. The molecule has 2 aliphatic rings. The number of rotatable bonds is 6. The number of primary amides is 1. The first-order valence-electron chi connectivity index (χ1n) is 9.82. The van der Waals surface area contributed by atoms with Crippen molar-refractivity contribution in [2.24, 2.45) is 11.7 Å². The second-order valence-corrected chi connectivity index (χ2v) is 8.63. The number of carbonyl (C=O) groups is 2. The number of nitrogens with two attached hydrogens (primary N) is 1. The maximum atomic E-state index is 13.2. The van der Waals surface area contributed by atoms with E-state index in [0.29, 0.717) is 24.4 Å². The molecule has 1 aromatic heterocycles. The van der Waals surface area contributed by atoms with Crippen LogP contribution < -0.4 is 5.73 Å². The Morgan fingerprint density at radius 2 is 2.03 bits per heavy atom. The van der Waals surface area contributed by atoms with Crippen molar-refractivity contribution in [2.75, 3.05) is 6.54 Å². The molecule has 2 amide bonds. The number of allylic oxidation sites excluding steroid dienone is 1. The fraction of sp³-hybridized carbons (Fsp3) is 0.318. The Morgan fingerprint density at radius 3 is 2.70 bits per heavy atom. The van der Waals surface area contributed by atoms with Gasteiger partial charge in [-0.1, -0.05) is 30.0 Å². The summed E-state index contributed by atoms with van der Waals surface area (Å²) in [5.74, 6) is -0.876. The van der Waals surface area contributed by atoms with Crippen LogP contribution in [0.3, 0.4) is 0 Å². The smallest absolute Gasteiger partial charge is 0.257 e. The zero-order valence-corrected chi connectivity index (χ0v) is 17.4. The summed E-state index contributed by atoms with van der Waals surface area (Å²) in [6.07, 6.45) is 4.78. The van der Waals surface area contributed by atoms with Crippen LogP contribution in [0.25, 0.3) is 0 Å². The fourth-order valence-corrected chi connectivity index (χ4v) is 5.29. The number of nitrogens with zero attached hydrogens (tertiary/aromatic N) is 3. The molecule has 156 valence electrons. The van der Waals surface area contributed by atoms with E-state index in [-0.39, 0.29) is 23.1 Å². The van der Waals surface area contributed by atoms with Crippen molar-refractivity contribution >= 4 is 23.6 Å². The van der Waals surface area contributed by atoms with E-state index in [0.717, 1.165) is 23.2 Å². The predicted molar refractivity (Wildman–Crippen MR) is 113 cm³/mol. The van der Waals surface area contributed by atoms with Crippen molar-refractivity contribution in [1.82, 2.24) is 14.8 Å². The van der Waals surface area contributed by atoms with Crippen LogP contribution in [-0.4, -0.2) is 38.6 Å². The Labute approximate surface area is 178 Å². The van der Waals surface area contributed by atoms with Gasteiger partial charge in [0.25, 0.3) is 5.91 Å². The lowest BCUT2D eigenvalue weighted by Gasteiger charge is -2.34. The molecule has 2 unspecified atom stereocenters. The van der Waals surface area contributed by atoms with Crippen LogP contribution >= 0.6 is 11.8 Å². The predicted octanol–water partition coefficient (Wildman–Crippen LogP) is 2.86. The second-order valence-electron chi connectivity index (χ2n) is 7.56. The third-order valence-electron chi connectivity index (χ3n) is 5.56. The lowest BCUT2D eigenvalue weighted by molar-refractivity contribution is -0.133. The number of benzene rings is 1. The Kier molecular flexibility index (Phi) is 5.76. The van der Waals surface area contributed by atoms with E-state index >= 15 is 0 Å². The van der Waals surface area contributed by atoms with Gasteiger partial charge in [0.15, 0.2) is 5.50 Å². The molecule has 8 heteroatoms. The van der Waals surface area contributed by atoms with E-state index in [4.69, 9.17) is 5.73 Å². The van der Waals surface area contributed by atoms with Gasteiger partial charge in [-0.15, -0.1) is 0 Å². The molecule has 1 saturated heterocycles. The first-order chi connectivity index (χ1) is 14.4. The third kappa shape index (κ3) is 4.05. The zero-order valence-electron chi connectivity index (χ0n) is 16.6. The quantitative estimate of drug-likeness (QED) is 0.768. The molecule has 3 heterocycles. The number of carbonyl (C=O) groups excluding carboxylic acids is 2. The van der Waals surface area contributed by atoms with E-state index in [1.807, 2.05) is 28.9 Å². The topological polar surface area (TPSA) is 79.5 Å². The first kappa shape index (κ1) is 20.4. The van der Waals surface area contributed by atoms with Crippen molar-refractivity contribution in [2.45, 2.75) is 31.8 Å². The average molecular weight is 427 g/mol. The molecule has 4 rings (SSSR count). The number of likely N-dealkylation sites (tertiary alicyclic amines) is 1. The van der Waals surface area contributed by atoms with Gasteiger partial charge in [0.05, 0.1) is 4.91 Å². The van der Waals surface area contributed by atoms with Crippen LogP contribution in [0.5, 0.6) is 0 Å². The van der Waals surface area contributed by atoms with Crippen LogP contribution in [-0.2, 0) is 22.6 Å². The summed E-state index contributed by atoms with van der Waals surface area (Å²) >= 11 is 1.33. The summed E-state index contributed by atoms with van der Waals surface area (Å²) in [5, 5.41) is 0. The molecule has 2 atom stereocenters. The van der Waals surface area contributed by atoms with E-state index in [2.05, 4.69) is 4.98 Å². The minimum atomic E-state index is -0.481. The first-order valence-corrected chi connectivity index (χ1v) is 10.7. The molecule has 2 N–H and O–H groups in total. The molecule has 2 aliphatic heterocycles. The normalized spacial score (nSPS) is 21.6. The van der Waals surface area contributed by atoms with Crippen LogP contribution in [0.1, 0.15) is 24.5 Å². The second kappa shape index (κ2) is 8.47. The molecule has 0 aliphatic carbocycles. The van der Waals surface area contributed by atoms with Crippen molar-refractivity contribution < 1.29 is 14.0 Å². The van der Waals surface area contributed by atoms with Gasteiger partial charge >= 0.3 is 0 Å². The van der Waals surface area contributed by atoms with Gasteiger partial charge in [-0.2, -0.15) is 0 Å². The Morgan fingerprint density at radius 1 is 1.27 bits per heavy atom. The minimum Gasteiger partial charge on any atom is -0.365 e. The van der Waals surface area contributed by atoms with Gasteiger partial charge in [0, 0.05) is 37.1 Å². The van der Waals surface area contributed by atoms with Gasteiger partial charge < -0.3 is 15.5 Å². The van der Waals surface area contributed by atoms with Crippen LogP contribution in [0.15, 0.2) is 59.4 Å². The number of thioether (sulfide) groups is 1. The molecule has 0 spiro atoms. The van der Waals surface area contributed by atoms with Gasteiger partial charge in [-0.3, -0.25) is 14.6 Å². The van der Waals surface area contributed by atoms with Crippen molar-refractivity contribution in [3.05, 3.63) is 76.3 Å². The molecule has 6 nitrogen and oxygen atoms in total. The minimum absolute atomic E-state index is 0.0477. The Balaban J connectivity index is 1.53. The van der Waals surface area contributed by atoms with E-state index in [1.165, 1.54) is 23.9 Å². The van der Waals surface area contributed by atoms with Crippen LogP contribution in [0.4, 0.5) is 4.39 Å². The molecule has 0 saturated carbocycles. The highest BCUT2D eigenvalue weighted by Gasteiger charge is 2.43. The number of aromatic nitrogens is 1. The Hall–Kier alpha value is -2.87. The molecule has 30 heavy (non-hydrogen) atoms. The summed E-state index contributed by atoms with van der Waals surface area (Å²) in [6.45, 7) is 2.99. The standard InChI is InChI=1S/C22H23FN4O2S/c1-14-19(20(24)28)30-22(27(14)13-16-3-2-9-25-12-16)26-10-8-17(21(26)29)11-15-4-6-18(23)7-5-15/h2-7,9,12,17,22H,8,10-11,13H2,1H3,(H2,24,28). The van der Waals surface area contributed by atoms with Crippen molar-refractivity contribution in [1.29, 1.82) is 0 Å². The molecule has 2 aromatic rings. The van der Waals surface area contributed by atoms with E-state index in [1.54, 1.807) is 24.5 Å². The number of hydrogen-bond donors (Lipinski definition) is 1. The average Bonchev–Trinajstić information content (AvgIpc) is 3.25. The highest BCUT2D eigenvalue weighted by atomic mass is 32.2. The largest absolute Gasteiger partial charge is 0.365 e. The molecular weight excluding hydrogens is 403 g/mol. The highest BCUT2D eigenvalue weighted by Crippen LogP contribution is 2.42. The zero-order chi connectivity index (χ0) is 21.3. The third-order valence-corrected chi connectivity index (χ3v) is 7.01. The SMILES string of the molecule is CC1=C(C(N)=O)SC(N2CCC(Cc3ccc(F)cc3)C2=O)N1Cc1cccnc1. The summed E-state index contributed by atoms with van der Waals surface area (Å²) in [5.41, 5.74) is 7.97. The van der Waals surface area contributed by atoms with Gasteiger partial charge in [0.2, 0.25) is 5.91 Å². The van der Waals surface area contributed by atoms with E-state index < -0.39 is 5.91 Å². The summed E-state index contributed by atoms with van der Waals surface area (Å²) in [4.78, 5) is 33.7. The van der Waals surface area contributed by atoms with Crippen LogP contribution in [0.2, 0.25) is 0 Å². The Bertz CT molecular complexity index is 980. The molecule has 1 fully saturated rings. The monoisotopic (exact) mass is 426 g/mol. The number of pyridine rings is 1. The van der Waals surface area contributed by atoms with Crippen molar-refractivity contribution in [3.8, 4) is 0 Å². The molecule has 0 bridgehead atoms. The van der Waals surface area contributed by atoms with Gasteiger partial charge in [0.1, 0.15) is 5.82 Å². The molecule has 1 aromatic carbocycles. The van der Waals surface area contributed by atoms with E-state index in [9.17, 15) is 14.0 Å². The summed E-state index contributed by atoms with van der Waals surface area (Å²) in [7, 11) is 0. The van der Waals surface area contributed by atoms with Gasteiger partial charge in [-0.05, 0) is 49.1 Å². The van der Waals surface area contributed by atoms with Gasteiger partial charge in [-0.25, -0.2) is 4.39 Å². The van der Waals surface area contributed by atoms with Crippen LogP contribution in [0, 0.1) is 11.7 Å². The highest BCUT2D eigenvalue weighted by molar-refractivity contribution is 8.04. The molecular formula is C22H23FN4O2S. The maximum absolute atomic E-state index is 13.2. The number of halogens is 1.